The van der Waals surface area contributed by atoms with Gasteiger partial charge in [-0.3, -0.25) is 0 Å². The topological polar surface area (TPSA) is 40.6 Å². The van der Waals surface area contributed by atoms with Crippen molar-refractivity contribution in [2.45, 2.75) is 23.8 Å². The Balaban J connectivity index is 2.34. The first-order valence-corrected chi connectivity index (χ1v) is 8.78. The highest BCUT2D eigenvalue weighted by molar-refractivity contribution is 9.10. The Bertz CT molecular complexity index is 608. The van der Waals surface area contributed by atoms with E-state index in [2.05, 4.69) is 20.8 Å². The maximum atomic E-state index is 13.9. The van der Waals surface area contributed by atoms with Crippen molar-refractivity contribution >= 4 is 26.0 Å². The third-order valence-corrected chi connectivity index (χ3v) is 6.68. The van der Waals surface area contributed by atoms with Gasteiger partial charge in [-0.1, -0.05) is 0 Å². The quantitative estimate of drug-likeness (QED) is 0.805. The van der Waals surface area contributed by atoms with Gasteiger partial charge in [0.05, 0.1) is 0 Å². The molecule has 1 saturated heterocycles. The molecule has 0 aromatic heterocycles. The number of halogens is 3. The number of rotatable bonds is 3. The molecule has 0 radical (unpaired) electrons. The summed E-state index contributed by atoms with van der Waals surface area (Å²) < 4.78 is 53.3. The summed E-state index contributed by atoms with van der Waals surface area (Å²) in [7, 11) is -0.590. The minimum absolute atomic E-state index is 0.0974. The van der Waals surface area contributed by atoms with Gasteiger partial charge in [0, 0.05) is 23.6 Å². The van der Waals surface area contributed by atoms with E-state index in [4.69, 9.17) is 0 Å². The van der Waals surface area contributed by atoms with Crippen LogP contribution in [0.15, 0.2) is 21.5 Å². The van der Waals surface area contributed by atoms with Crippen LogP contribution in [0.3, 0.4) is 0 Å². The molecule has 1 aliphatic heterocycles. The van der Waals surface area contributed by atoms with Crippen molar-refractivity contribution in [3.8, 4) is 0 Å². The van der Waals surface area contributed by atoms with Gasteiger partial charge < -0.3 is 4.90 Å². The lowest BCUT2D eigenvalue weighted by atomic mass is 10.1. The molecule has 1 heterocycles. The zero-order valence-corrected chi connectivity index (χ0v) is 14.2. The molecule has 0 bridgehead atoms. The molecule has 0 N–H and O–H groups in total. The molecule has 2 rings (SSSR count). The van der Waals surface area contributed by atoms with Gasteiger partial charge in [-0.25, -0.2) is 17.2 Å². The number of nitrogens with zero attached hydrogens (tertiary/aromatic N) is 2. The number of hydrogen-bond donors (Lipinski definition) is 0. The Morgan fingerprint density at radius 2 is 1.86 bits per heavy atom. The number of sulfonamides is 1. The SMILES string of the molecule is CN1CCC(N(C)S(=O)(=O)c2c(F)cc(F)cc2Br)CC1. The first kappa shape index (κ1) is 16.8. The minimum Gasteiger partial charge on any atom is -0.306 e. The van der Waals surface area contributed by atoms with E-state index in [9.17, 15) is 17.2 Å². The number of hydrogen-bond acceptors (Lipinski definition) is 3. The Morgan fingerprint density at radius 3 is 2.38 bits per heavy atom. The Hall–Kier alpha value is -0.570. The summed E-state index contributed by atoms with van der Waals surface area (Å²) in [6.07, 6.45) is 1.37. The molecular formula is C13H17BrF2N2O2S. The third kappa shape index (κ3) is 3.44. The molecule has 0 unspecified atom stereocenters. The van der Waals surface area contributed by atoms with Crippen LogP contribution in [0.25, 0.3) is 0 Å². The molecule has 0 atom stereocenters. The van der Waals surface area contributed by atoms with E-state index >= 15 is 0 Å². The van der Waals surface area contributed by atoms with E-state index in [0.717, 1.165) is 19.2 Å². The van der Waals surface area contributed by atoms with Crippen molar-refractivity contribution in [3.63, 3.8) is 0 Å². The molecule has 1 aromatic rings. The van der Waals surface area contributed by atoms with Gasteiger partial charge in [0.2, 0.25) is 10.0 Å². The molecule has 1 fully saturated rings. The molecule has 1 aromatic carbocycles. The number of piperidine rings is 1. The largest absolute Gasteiger partial charge is 0.306 e. The summed E-state index contributed by atoms with van der Waals surface area (Å²) in [6.45, 7) is 1.58. The molecule has 0 aliphatic carbocycles. The molecule has 1 aliphatic rings. The van der Waals surface area contributed by atoms with Crippen LogP contribution in [-0.2, 0) is 10.0 Å². The van der Waals surface area contributed by atoms with Crippen LogP contribution in [-0.4, -0.2) is 50.8 Å². The van der Waals surface area contributed by atoms with Crippen molar-refractivity contribution in [1.29, 1.82) is 0 Å². The van der Waals surface area contributed by atoms with Crippen molar-refractivity contribution in [3.05, 3.63) is 28.2 Å². The lowest BCUT2D eigenvalue weighted by molar-refractivity contribution is 0.197. The van der Waals surface area contributed by atoms with Crippen LogP contribution in [0.1, 0.15) is 12.8 Å². The summed E-state index contributed by atoms with van der Waals surface area (Å²) in [4.78, 5) is 1.61. The zero-order valence-electron chi connectivity index (χ0n) is 11.8. The lowest BCUT2D eigenvalue weighted by Gasteiger charge is -2.34. The second kappa shape index (κ2) is 6.28. The molecular weight excluding hydrogens is 366 g/mol. The van der Waals surface area contributed by atoms with Gasteiger partial charge in [0.25, 0.3) is 0 Å². The number of benzene rings is 1. The van der Waals surface area contributed by atoms with E-state index in [1.54, 1.807) is 0 Å². The van der Waals surface area contributed by atoms with Gasteiger partial charge in [-0.05, 0) is 55.0 Å². The Kier molecular flexibility index (Phi) is 5.02. The van der Waals surface area contributed by atoms with Crippen LogP contribution in [0.5, 0.6) is 0 Å². The van der Waals surface area contributed by atoms with E-state index in [0.29, 0.717) is 18.9 Å². The van der Waals surface area contributed by atoms with Crippen molar-refractivity contribution in [2.75, 3.05) is 27.2 Å². The Morgan fingerprint density at radius 1 is 1.29 bits per heavy atom. The first-order chi connectivity index (χ1) is 9.73. The van der Waals surface area contributed by atoms with Crippen LogP contribution >= 0.6 is 15.9 Å². The maximum absolute atomic E-state index is 13.9. The Labute approximate surface area is 131 Å². The van der Waals surface area contributed by atoms with Gasteiger partial charge >= 0.3 is 0 Å². The molecule has 21 heavy (non-hydrogen) atoms. The summed E-state index contributed by atoms with van der Waals surface area (Å²) in [5.41, 5.74) is 0. The summed E-state index contributed by atoms with van der Waals surface area (Å²) >= 11 is 2.94. The first-order valence-electron chi connectivity index (χ1n) is 6.54. The standard InChI is InChI=1S/C13H17BrF2N2O2S/c1-17-5-3-10(4-6-17)18(2)21(19,20)13-11(14)7-9(15)8-12(13)16/h7-8,10H,3-6H2,1-2H3. The minimum atomic E-state index is -4.01. The summed E-state index contributed by atoms with van der Waals surface area (Å²) in [5.74, 6) is -1.90. The summed E-state index contributed by atoms with van der Waals surface area (Å²) in [6, 6.07) is 1.36. The normalized spacial score (nSPS) is 18.4. The molecule has 0 saturated carbocycles. The van der Waals surface area contributed by atoms with Crippen LogP contribution in [0.4, 0.5) is 8.78 Å². The van der Waals surface area contributed by atoms with Crippen molar-refractivity contribution in [1.82, 2.24) is 9.21 Å². The predicted molar refractivity (Wildman–Crippen MR) is 79.5 cm³/mol. The lowest BCUT2D eigenvalue weighted by Crippen LogP contribution is -2.44. The maximum Gasteiger partial charge on any atom is 0.247 e. The molecule has 4 nitrogen and oxygen atoms in total. The van der Waals surface area contributed by atoms with Gasteiger partial charge in [-0.2, -0.15) is 4.31 Å². The highest BCUT2D eigenvalue weighted by Crippen LogP contribution is 2.30. The zero-order chi connectivity index (χ0) is 15.8. The average Bonchev–Trinajstić information content (AvgIpc) is 2.37. The van der Waals surface area contributed by atoms with Gasteiger partial charge in [0.1, 0.15) is 16.5 Å². The fourth-order valence-corrected chi connectivity index (χ4v) is 5.00. The monoisotopic (exact) mass is 382 g/mol. The second-order valence-electron chi connectivity index (χ2n) is 5.25. The van der Waals surface area contributed by atoms with E-state index in [-0.39, 0.29) is 10.5 Å². The molecule has 0 amide bonds. The van der Waals surface area contributed by atoms with Gasteiger partial charge in [-0.15, -0.1) is 0 Å². The fraction of sp³-hybridized carbons (Fsp3) is 0.538. The van der Waals surface area contributed by atoms with E-state index in [1.807, 2.05) is 7.05 Å². The van der Waals surface area contributed by atoms with E-state index < -0.39 is 26.6 Å². The second-order valence-corrected chi connectivity index (χ2v) is 8.04. The van der Waals surface area contributed by atoms with Gasteiger partial charge in [0.15, 0.2) is 0 Å². The van der Waals surface area contributed by atoms with Crippen LogP contribution in [0.2, 0.25) is 0 Å². The fourth-order valence-electron chi connectivity index (χ4n) is 2.47. The highest BCUT2D eigenvalue weighted by Gasteiger charge is 2.33. The van der Waals surface area contributed by atoms with E-state index in [1.165, 1.54) is 11.4 Å². The summed E-state index contributed by atoms with van der Waals surface area (Å²) in [5, 5.41) is 0. The highest BCUT2D eigenvalue weighted by atomic mass is 79.9. The number of likely N-dealkylation sites (tertiary alicyclic amines) is 1. The van der Waals surface area contributed by atoms with Crippen molar-refractivity contribution < 1.29 is 17.2 Å². The van der Waals surface area contributed by atoms with Crippen molar-refractivity contribution in [2.24, 2.45) is 0 Å². The third-order valence-electron chi connectivity index (χ3n) is 3.80. The predicted octanol–water partition coefficient (Wildman–Crippen LogP) is 2.44. The van der Waals surface area contributed by atoms with Crippen LogP contribution < -0.4 is 0 Å². The van der Waals surface area contributed by atoms with Crippen LogP contribution in [0, 0.1) is 11.6 Å². The average molecular weight is 383 g/mol. The molecule has 118 valence electrons. The molecule has 0 spiro atoms. The molecule has 8 heteroatoms. The smallest absolute Gasteiger partial charge is 0.247 e.